The normalized spacial score (nSPS) is 18.9. The van der Waals surface area contributed by atoms with Crippen molar-refractivity contribution in [3.8, 4) is 23.0 Å². The van der Waals surface area contributed by atoms with Crippen LogP contribution < -0.4 is 17.7 Å². The van der Waals surface area contributed by atoms with Crippen LogP contribution in [0.1, 0.15) is 106 Å². The standard InChI is InChI=1S/C36H52O8Si6/c1-19(2)45-39-27-15-13-25(17-29(27)41-47-21(5)6)31-33(35(37)43-49-23(9)10)32(34(31)36(38)44-50-24(11)12)26-14-16-28(40-46-20(3)4)30(18-26)42-48-22(7)8/h13-24,31-34H,1-12H3. The molecule has 0 saturated heterocycles. The number of carbonyl (C=O) groups is 2. The van der Waals surface area contributed by atoms with Gasteiger partial charge >= 0.3 is 58.6 Å². The van der Waals surface area contributed by atoms with Gasteiger partial charge in [0.15, 0.2) is 0 Å². The third kappa shape index (κ3) is 12.5. The maximum Gasteiger partial charge on any atom is 0.317 e. The van der Waals surface area contributed by atoms with Crippen LogP contribution in [0.5, 0.6) is 23.0 Å². The molecule has 1 aliphatic rings. The van der Waals surface area contributed by atoms with E-state index in [1.165, 1.54) is 0 Å². The maximum absolute atomic E-state index is 14.1. The number of rotatable bonds is 20. The molecule has 0 aliphatic heterocycles. The van der Waals surface area contributed by atoms with Gasteiger partial charge in [-0.05, 0) is 68.6 Å². The molecule has 8 nitrogen and oxygen atoms in total. The van der Waals surface area contributed by atoms with Gasteiger partial charge in [-0.2, -0.15) is 0 Å². The summed E-state index contributed by atoms with van der Waals surface area (Å²) in [5.74, 6) is -0.292. The van der Waals surface area contributed by atoms with Crippen LogP contribution in [0.2, 0.25) is 33.2 Å². The molecule has 2 aromatic carbocycles. The highest BCUT2D eigenvalue weighted by Gasteiger charge is 2.59. The molecule has 268 valence electrons. The van der Waals surface area contributed by atoms with Crippen molar-refractivity contribution >= 4 is 70.5 Å². The molecular weight excluding hydrogens is 729 g/mol. The molecule has 0 atom stereocenters. The molecule has 1 saturated carbocycles. The Kier molecular flexibility index (Phi) is 17.1. The lowest BCUT2D eigenvalue weighted by molar-refractivity contribution is -0.156. The highest BCUT2D eigenvalue weighted by atomic mass is 28.2. The molecule has 12 radical (unpaired) electrons. The van der Waals surface area contributed by atoms with Gasteiger partial charge < -0.3 is 26.6 Å². The fourth-order valence-corrected chi connectivity index (χ4v) is 8.25. The summed E-state index contributed by atoms with van der Waals surface area (Å²) in [4.78, 5) is 28.3. The van der Waals surface area contributed by atoms with E-state index in [4.69, 9.17) is 26.6 Å². The van der Waals surface area contributed by atoms with Crippen molar-refractivity contribution in [2.24, 2.45) is 11.8 Å². The van der Waals surface area contributed by atoms with E-state index < -0.39 is 23.7 Å². The quantitative estimate of drug-likeness (QED) is 0.125. The van der Waals surface area contributed by atoms with Crippen LogP contribution in [0.15, 0.2) is 36.4 Å². The average molecular weight is 781 g/mol. The SMILES string of the molecule is CC(C)[Si]OC(=O)C1C(c2ccc(O[Si]C(C)C)c(O[Si]C(C)C)c2)C(C(=O)O[Si]C(C)C)C1c1ccc(O[Si]C(C)C)c(O[Si]C(C)C)c1. The van der Waals surface area contributed by atoms with Crippen LogP contribution in [0.3, 0.4) is 0 Å². The van der Waals surface area contributed by atoms with Gasteiger partial charge in [-0.1, -0.05) is 95.2 Å². The first-order valence-electron chi connectivity index (χ1n) is 17.5. The fraction of sp³-hybridized carbons (Fsp3) is 0.611. The van der Waals surface area contributed by atoms with Crippen molar-refractivity contribution < 1.29 is 36.1 Å². The second-order valence-corrected chi connectivity index (χ2v) is 24.0. The van der Waals surface area contributed by atoms with Crippen LogP contribution in [-0.4, -0.2) is 70.5 Å². The third-order valence-corrected chi connectivity index (χ3v) is 12.0. The molecule has 0 heterocycles. The van der Waals surface area contributed by atoms with E-state index in [9.17, 15) is 9.59 Å². The first kappa shape index (κ1) is 42.3. The molecule has 0 amide bonds. The van der Waals surface area contributed by atoms with Gasteiger partial charge in [0.05, 0.1) is 11.8 Å². The summed E-state index contributed by atoms with van der Waals surface area (Å²) in [6.07, 6.45) is 0. The summed E-state index contributed by atoms with van der Waals surface area (Å²) < 4.78 is 36.9. The Hall–Kier alpha value is -2.12. The van der Waals surface area contributed by atoms with E-state index in [2.05, 4.69) is 55.4 Å². The molecule has 0 unspecified atom stereocenters. The predicted octanol–water partition coefficient (Wildman–Crippen LogP) is 8.09. The zero-order valence-electron chi connectivity index (χ0n) is 31.5. The Labute approximate surface area is 315 Å². The van der Waals surface area contributed by atoms with E-state index in [0.29, 0.717) is 45.2 Å². The molecule has 2 aromatic rings. The molecule has 3 rings (SSSR count). The Balaban J connectivity index is 2.18. The van der Waals surface area contributed by atoms with Crippen LogP contribution in [0.4, 0.5) is 0 Å². The maximum atomic E-state index is 14.1. The number of hydrogen-bond acceptors (Lipinski definition) is 8. The van der Waals surface area contributed by atoms with Gasteiger partial charge in [0, 0.05) is 11.8 Å². The summed E-state index contributed by atoms with van der Waals surface area (Å²) in [5.41, 5.74) is 3.41. The van der Waals surface area contributed by atoms with Crippen molar-refractivity contribution in [2.75, 3.05) is 0 Å². The lowest BCUT2D eigenvalue weighted by Gasteiger charge is -2.50. The van der Waals surface area contributed by atoms with Gasteiger partial charge in [0.1, 0.15) is 23.0 Å². The predicted molar refractivity (Wildman–Crippen MR) is 205 cm³/mol. The van der Waals surface area contributed by atoms with Crippen molar-refractivity contribution in [1.29, 1.82) is 0 Å². The molecule has 1 aliphatic carbocycles. The summed E-state index contributed by atoms with van der Waals surface area (Å²) in [7, 11) is 1.00. The summed E-state index contributed by atoms with van der Waals surface area (Å²) in [6.45, 7) is 25.0. The summed E-state index contributed by atoms with van der Waals surface area (Å²) >= 11 is 0. The van der Waals surface area contributed by atoms with Crippen molar-refractivity contribution in [3.05, 3.63) is 47.5 Å². The Morgan fingerprint density at radius 1 is 0.440 bits per heavy atom. The van der Waals surface area contributed by atoms with Crippen LogP contribution in [0, 0.1) is 11.8 Å². The lowest BCUT2D eigenvalue weighted by atomic mass is 9.52. The van der Waals surface area contributed by atoms with Crippen LogP contribution in [-0.2, 0) is 18.4 Å². The van der Waals surface area contributed by atoms with Crippen LogP contribution >= 0.6 is 0 Å². The van der Waals surface area contributed by atoms with E-state index in [1.807, 2.05) is 64.1 Å². The van der Waals surface area contributed by atoms with Crippen molar-refractivity contribution in [3.63, 3.8) is 0 Å². The molecule has 0 spiro atoms. The summed E-state index contributed by atoms with van der Waals surface area (Å²) in [5, 5.41) is 0. The molecular formula is C36H52O8Si6. The van der Waals surface area contributed by atoms with Gasteiger partial charge in [-0.15, -0.1) is 0 Å². The number of carbonyl (C=O) groups excluding carboxylic acids is 2. The van der Waals surface area contributed by atoms with Gasteiger partial charge in [-0.25, -0.2) is 0 Å². The van der Waals surface area contributed by atoms with Crippen molar-refractivity contribution in [2.45, 2.75) is 128 Å². The minimum absolute atomic E-state index is 0.00717. The molecule has 1 fully saturated rings. The monoisotopic (exact) mass is 780 g/mol. The zero-order valence-corrected chi connectivity index (χ0v) is 37.5. The van der Waals surface area contributed by atoms with E-state index in [-0.39, 0.29) is 81.6 Å². The van der Waals surface area contributed by atoms with E-state index >= 15 is 0 Å². The fourth-order valence-electron chi connectivity index (χ4n) is 5.17. The van der Waals surface area contributed by atoms with Crippen molar-refractivity contribution in [1.82, 2.24) is 0 Å². The second-order valence-electron chi connectivity index (χ2n) is 14.4. The van der Waals surface area contributed by atoms with E-state index in [0.717, 1.165) is 11.1 Å². The van der Waals surface area contributed by atoms with E-state index in [1.54, 1.807) is 0 Å². The highest BCUT2D eigenvalue weighted by Crippen LogP contribution is 2.59. The van der Waals surface area contributed by atoms with Gasteiger partial charge in [0.25, 0.3) is 11.9 Å². The van der Waals surface area contributed by atoms with Gasteiger partial charge in [0.2, 0.25) is 0 Å². The minimum Gasteiger partial charge on any atom is -0.538 e. The molecule has 14 heteroatoms. The Bertz CT molecular complexity index is 1270. The highest BCUT2D eigenvalue weighted by molar-refractivity contribution is 6.33. The zero-order chi connectivity index (χ0) is 37.1. The molecule has 50 heavy (non-hydrogen) atoms. The number of hydrogen-bond donors (Lipinski definition) is 0. The first-order chi connectivity index (χ1) is 23.6. The molecule has 0 bridgehead atoms. The lowest BCUT2D eigenvalue weighted by Crippen LogP contribution is -2.52. The molecule has 0 N–H and O–H groups in total. The average Bonchev–Trinajstić information content (AvgIpc) is 3.02. The topological polar surface area (TPSA) is 89.5 Å². The first-order valence-corrected chi connectivity index (χ1v) is 23.4. The Morgan fingerprint density at radius 2 is 0.720 bits per heavy atom. The number of benzene rings is 2. The largest absolute Gasteiger partial charge is 0.538 e. The Morgan fingerprint density at radius 3 is 1.00 bits per heavy atom. The van der Waals surface area contributed by atoms with Gasteiger partial charge in [-0.3, -0.25) is 9.59 Å². The molecule has 0 aromatic heterocycles. The smallest absolute Gasteiger partial charge is 0.317 e. The second kappa shape index (κ2) is 20.2. The third-order valence-electron chi connectivity index (χ3n) is 7.21. The van der Waals surface area contributed by atoms with Crippen LogP contribution in [0.25, 0.3) is 0 Å². The minimum atomic E-state index is -0.629. The summed E-state index contributed by atoms with van der Waals surface area (Å²) in [6, 6.07) is 11.7.